The number of aromatic nitrogens is 1. The lowest BCUT2D eigenvalue weighted by Crippen LogP contribution is -2.35. The minimum absolute atomic E-state index is 0.136. The first kappa shape index (κ1) is 20.7. The second-order valence-corrected chi connectivity index (χ2v) is 9.83. The van der Waals surface area contributed by atoms with E-state index in [4.69, 9.17) is 9.15 Å². The topological polar surface area (TPSA) is 89.7 Å². The highest BCUT2D eigenvalue weighted by molar-refractivity contribution is 7.90. The van der Waals surface area contributed by atoms with Gasteiger partial charge in [-0.1, -0.05) is 0 Å². The van der Waals surface area contributed by atoms with E-state index >= 15 is 0 Å². The predicted octanol–water partition coefficient (Wildman–Crippen LogP) is 2.82. The molecule has 7 nitrogen and oxygen atoms in total. The summed E-state index contributed by atoms with van der Waals surface area (Å²) in [5.74, 6) is -0.252. The Balaban J connectivity index is 1.65. The molecule has 0 spiro atoms. The van der Waals surface area contributed by atoms with Crippen molar-refractivity contribution >= 4 is 15.7 Å². The first-order chi connectivity index (χ1) is 13.9. The van der Waals surface area contributed by atoms with Crippen LogP contribution in [-0.4, -0.2) is 55.8 Å². The lowest BCUT2D eigenvalue weighted by atomic mass is 10.1. The van der Waals surface area contributed by atoms with Crippen LogP contribution in [0.5, 0.6) is 5.75 Å². The van der Waals surface area contributed by atoms with Crippen molar-refractivity contribution in [3.8, 4) is 5.75 Å². The summed E-state index contributed by atoms with van der Waals surface area (Å²) < 4.78 is 73.1. The molecule has 4 rings (SSSR count). The molecular weight excluding hydrogens is 425 g/mol. The van der Waals surface area contributed by atoms with E-state index in [9.17, 15) is 26.4 Å². The number of hydrogen-bond donors (Lipinski definition) is 0. The summed E-state index contributed by atoms with van der Waals surface area (Å²) in [6.07, 6.45) is -2.08. The molecule has 1 aromatic carbocycles. The monoisotopic (exact) mass is 444 g/mol. The Morgan fingerprint density at radius 1 is 1.40 bits per heavy atom. The highest BCUT2D eigenvalue weighted by Gasteiger charge is 2.64. The van der Waals surface area contributed by atoms with Crippen LogP contribution in [0.3, 0.4) is 0 Å². The summed E-state index contributed by atoms with van der Waals surface area (Å²) in [6.45, 7) is 1.48. The quantitative estimate of drug-likeness (QED) is 0.705. The Hall–Kier alpha value is -2.56. The van der Waals surface area contributed by atoms with Crippen LogP contribution < -0.4 is 4.74 Å². The van der Waals surface area contributed by atoms with Gasteiger partial charge in [0.25, 0.3) is 5.91 Å². The standard InChI is InChI=1S/C19H19F3N2O5S/c1-11(19(20,21)22)29-15-4-3-13(30(2,26)27)7-14(15)16(25)24-9-12-8-18(12,10-24)17-23-5-6-28-17/h3-7,11-12H,8-10H2,1-2H3. The largest absolute Gasteiger partial charge is 0.480 e. The fourth-order valence-electron chi connectivity index (χ4n) is 3.88. The van der Waals surface area contributed by atoms with E-state index in [1.54, 1.807) is 0 Å². The number of carbonyl (C=O) groups is 1. The predicted molar refractivity (Wildman–Crippen MR) is 97.9 cm³/mol. The summed E-state index contributed by atoms with van der Waals surface area (Å²) in [7, 11) is -3.68. The number of amides is 1. The highest BCUT2D eigenvalue weighted by atomic mass is 32.2. The van der Waals surface area contributed by atoms with Gasteiger partial charge in [0.2, 0.25) is 5.89 Å². The smallest absolute Gasteiger partial charge is 0.425 e. The van der Waals surface area contributed by atoms with E-state index in [1.807, 2.05) is 0 Å². The number of fused-ring (bicyclic) bond motifs is 1. The van der Waals surface area contributed by atoms with E-state index in [1.165, 1.54) is 17.4 Å². The van der Waals surface area contributed by atoms with Gasteiger partial charge in [-0.25, -0.2) is 13.4 Å². The molecule has 1 aromatic heterocycles. The van der Waals surface area contributed by atoms with Gasteiger partial charge >= 0.3 is 6.18 Å². The molecule has 1 amide bonds. The maximum absolute atomic E-state index is 13.2. The lowest BCUT2D eigenvalue weighted by molar-refractivity contribution is -0.189. The van der Waals surface area contributed by atoms with Crippen LogP contribution in [0.2, 0.25) is 0 Å². The van der Waals surface area contributed by atoms with Crippen molar-refractivity contribution in [2.75, 3.05) is 19.3 Å². The molecule has 2 fully saturated rings. The van der Waals surface area contributed by atoms with Crippen molar-refractivity contribution in [1.29, 1.82) is 0 Å². The van der Waals surface area contributed by atoms with Crippen molar-refractivity contribution in [1.82, 2.24) is 9.88 Å². The lowest BCUT2D eigenvalue weighted by Gasteiger charge is -2.24. The van der Waals surface area contributed by atoms with Gasteiger partial charge in [-0.15, -0.1) is 0 Å². The Labute approximate surface area is 170 Å². The van der Waals surface area contributed by atoms with Gasteiger partial charge in [-0.3, -0.25) is 4.79 Å². The first-order valence-corrected chi connectivity index (χ1v) is 11.1. The van der Waals surface area contributed by atoms with Crippen LogP contribution in [0.25, 0.3) is 0 Å². The zero-order valence-corrected chi connectivity index (χ0v) is 17.0. The molecule has 11 heteroatoms. The Morgan fingerprint density at radius 2 is 2.13 bits per heavy atom. The Bertz CT molecular complexity index is 1080. The maximum atomic E-state index is 13.2. The van der Waals surface area contributed by atoms with Crippen LogP contribution in [0, 0.1) is 5.92 Å². The zero-order chi connectivity index (χ0) is 21.9. The molecule has 2 heterocycles. The van der Waals surface area contributed by atoms with Crippen LogP contribution in [0.4, 0.5) is 13.2 Å². The summed E-state index contributed by atoms with van der Waals surface area (Å²) in [5.41, 5.74) is -0.619. The van der Waals surface area contributed by atoms with E-state index in [0.717, 1.165) is 37.8 Å². The van der Waals surface area contributed by atoms with Crippen LogP contribution in [0.15, 0.2) is 40.0 Å². The molecule has 3 unspecified atom stereocenters. The second kappa shape index (κ2) is 6.73. The molecule has 30 heavy (non-hydrogen) atoms. The number of oxazole rings is 1. The number of likely N-dealkylation sites (tertiary alicyclic amines) is 1. The SMILES string of the molecule is CC(Oc1ccc(S(C)(=O)=O)cc1C(=O)N1CC2CC2(c2ncco2)C1)C(F)(F)F. The van der Waals surface area contributed by atoms with Crippen LogP contribution >= 0.6 is 0 Å². The zero-order valence-electron chi connectivity index (χ0n) is 16.1. The molecule has 1 aliphatic heterocycles. The third kappa shape index (κ3) is 3.55. The molecule has 162 valence electrons. The number of rotatable bonds is 5. The minimum atomic E-state index is -4.64. The number of hydrogen-bond acceptors (Lipinski definition) is 6. The molecule has 0 bridgehead atoms. The van der Waals surface area contributed by atoms with Crippen LogP contribution in [0.1, 0.15) is 29.6 Å². The van der Waals surface area contributed by atoms with Crippen molar-refractivity contribution in [3.63, 3.8) is 0 Å². The molecule has 1 aliphatic carbocycles. The van der Waals surface area contributed by atoms with E-state index in [2.05, 4.69) is 4.98 Å². The maximum Gasteiger partial charge on any atom is 0.425 e. The number of sulfone groups is 1. The molecule has 0 radical (unpaired) electrons. The van der Waals surface area contributed by atoms with Crippen molar-refractivity contribution in [2.45, 2.75) is 35.9 Å². The van der Waals surface area contributed by atoms with Crippen molar-refractivity contribution in [2.24, 2.45) is 5.92 Å². The number of piperidine rings is 1. The van der Waals surface area contributed by atoms with Gasteiger partial charge in [0, 0.05) is 19.3 Å². The Morgan fingerprint density at radius 3 is 2.73 bits per heavy atom. The second-order valence-electron chi connectivity index (χ2n) is 7.81. The summed E-state index contributed by atoms with van der Waals surface area (Å²) >= 11 is 0. The average Bonchev–Trinajstić information content (AvgIpc) is 3.03. The number of carbonyl (C=O) groups excluding carboxylic acids is 1. The van der Waals surface area contributed by atoms with E-state index in [-0.39, 0.29) is 28.7 Å². The summed E-state index contributed by atoms with van der Waals surface area (Å²) in [5, 5.41) is 0. The number of halogens is 3. The third-order valence-corrected chi connectivity index (χ3v) is 6.78. The summed E-state index contributed by atoms with van der Waals surface area (Å²) in [6, 6.07) is 3.28. The average molecular weight is 444 g/mol. The minimum Gasteiger partial charge on any atom is -0.480 e. The molecule has 3 atom stereocenters. The highest BCUT2D eigenvalue weighted by Crippen LogP contribution is 2.58. The van der Waals surface area contributed by atoms with Gasteiger partial charge in [-0.2, -0.15) is 13.2 Å². The third-order valence-electron chi connectivity index (χ3n) is 5.67. The fraction of sp³-hybridized carbons (Fsp3) is 0.474. The van der Waals surface area contributed by atoms with Gasteiger partial charge in [0.1, 0.15) is 12.0 Å². The van der Waals surface area contributed by atoms with Crippen molar-refractivity contribution in [3.05, 3.63) is 42.1 Å². The van der Waals surface area contributed by atoms with Gasteiger partial charge < -0.3 is 14.1 Å². The molecular formula is C19H19F3N2O5S. The first-order valence-electron chi connectivity index (χ1n) is 9.18. The normalized spacial score (nSPS) is 24.4. The Kier molecular flexibility index (Phi) is 4.64. The molecule has 1 saturated carbocycles. The van der Waals surface area contributed by atoms with E-state index < -0.39 is 33.4 Å². The number of ether oxygens (including phenoxy) is 1. The number of benzene rings is 1. The fourth-order valence-corrected chi connectivity index (χ4v) is 4.52. The molecule has 1 saturated heterocycles. The molecule has 0 N–H and O–H groups in total. The van der Waals surface area contributed by atoms with Gasteiger partial charge in [-0.05, 0) is 37.5 Å². The van der Waals surface area contributed by atoms with Crippen molar-refractivity contribution < 1.29 is 35.5 Å². The molecule has 2 aliphatic rings. The van der Waals surface area contributed by atoms with E-state index in [0.29, 0.717) is 12.4 Å². The molecule has 2 aromatic rings. The number of alkyl halides is 3. The van der Waals surface area contributed by atoms with Gasteiger partial charge in [0.15, 0.2) is 15.9 Å². The summed E-state index contributed by atoms with van der Waals surface area (Å²) in [4.78, 5) is 18.7. The number of nitrogens with zero attached hydrogens (tertiary/aromatic N) is 2. The van der Waals surface area contributed by atoms with Gasteiger partial charge in [0.05, 0.1) is 22.1 Å². The van der Waals surface area contributed by atoms with Crippen LogP contribution in [-0.2, 0) is 15.3 Å².